The largest absolute Gasteiger partial charge is 0.496 e. The van der Waals surface area contributed by atoms with Gasteiger partial charge in [-0.3, -0.25) is 14.5 Å². The zero-order valence-corrected chi connectivity index (χ0v) is 39.0. The van der Waals surface area contributed by atoms with Gasteiger partial charge in [-0.25, -0.2) is 4.39 Å². The summed E-state index contributed by atoms with van der Waals surface area (Å²) in [5.74, 6) is 0.171. The molecule has 4 aromatic carbocycles. The summed E-state index contributed by atoms with van der Waals surface area (Å²) in [6.07, 6.45) is 4.28. The second kappa shape index (κ2) is 29.2. The number of carboxylic acids is 1. The number of carbonyl (C=O) groups excluding carboxylic acids is 1. The Balaban J connectivity index is 0.000000525. The third kappa shape index (κ3) is 19.4. The van der Waals surface area contributed by atoms with Gasteiger partial charge in [0.05, 0.1) is 38.6 Å². The van der Waals surface area contributed by atoms with E-state index in [0.717, 1.165) is 95.8 Å². The van der Waals surface area contributed by atoms with Crippen LogP contribution < -0.4 is 15.2 Å². The summed E-state index contributed by atoms with van der Waals surface area (Å²) in [4.78, 5) is 24.3. The van der Waals surface area contributed by atoms with Gasteiger partial charge in [-0.1, -0.05) is 121 Å². The predicted octanol–water partition coefficient (Wildman–Crippen LogP) is 13.0. The lowest BCUT2D eigenvalue weighted by atomic mass is 9.92. The number of hydrogen-bond donors (Lipinski definition) is 2. The summed E-state index contributed by atoms with van der Waals surface area (Å²) in [5.41, 5.74) is 11.0. The Labute approximate surface area is 373 Å². The van der Waals surface area contributed by atoms with E-state index in [0.29, 0.717) is 17.5 Å². The minimum Gasteiger partial charge on any atom is -0.496 e. The summed E-state index contributed by atoms with van der Waals surface area (Å²) in [6.45, 7) is 23.0. The van der Waals surface area contributed by atoms with Crippen molar-refractivity contribution in [1.29, 1.82) is 0 Å². The Morgan fingerprint density at radius 1 is 0.968 bits per heavy atom. The first-order valence-corrected chi connectivity index (χ1v) is 21.7. The molecule has 1 heterocycles. The van der Waals surface area contributed by atoms with Crippen LogP contribution in [0.2, 0.25) is 0 Å². The maximum absolute atomic E-state index is 13.4. The molecule has 0 radical (unpaired) electrons. The van der Waals surface area contributed by atoms with Crippen LogP contribution in [-0.4, -0.2) is 68.6 Å². The average Bonchev–Trinajstić information content (AvgIpc) is 3.26. The summed E-state index contributed by atoms with van der Waals surface area (Å²) in [5, 5.41) is 11.2. The molecule has 63 heavy (non-hydrogen) atoms. The first kappa shape index (κ1) is 55.8. The van der Waals surface area contributed by atoms with Crippen molar-refractivity contribution in [2.75, 3.05) is 40.5 Å². The highest BCUT2D eigenvalue weighted by Gasteiger charge is 2.23. The van der Waals surface area contributed by atoms with Crippen LogP contribution in [0.25, 0.3) is 27.5 Å². The Morgan fingerprint density at radius 2 is 1.54 bits per heavy atom. The molecule has 0 aromatic heterocycles. The lowest BCUT2D eigenvalue weighted by Gasteiger charge is -2.27. The van der Waals surface area contributed by atoms with Crippen molar-refractivity contribution in [2.45, 2.75) is 107 Å². The summed E-state index contributed by atoms with van der Waals surface area (Å²) >= 11 is 0. The zero-order valence-electron chi connectivity index (χ0n) is 39.0. The fourth-order valence-corrected chi connectivity index (χ4v) is 6.33. The standard InChI is InChI=1S/C26H29NO5.C11H12FNO.C9H18.C3H5F3.C2H6/c1-30-23-15-18(17-27-11-13-32-14-12-27)16-24(31-2)26(23)22-8-4-6-20-19(9-10-25(28)29)5-3-7-21(20)22;1-6(2)8-4-7(3)10(11(13)14)9(12)5-8;1-4-6-7-8-9(3)5-2;1-2-3(4,5)6;1-2/h3-8,15-16H,9-14,17H2,1-2H3,(H,28,29);4-5H,1H2,2-3H3,(H2,13,14);7-9H,4-6H2,1-3H3;2H2,1H3;1-2H3/b;;8-7-;;. The number of ether oxygens (including phenoxy) is 3. The van der Waals surface area contributed by atoms with E-state index in [1.807, 2.05) is 38.1 Å². The molecule has 348 valence electrons. The number of methoxy groups -OCH3 is 2. The number of amides is 1. The van der Waals surface area contributed by atoms with Gasteiger partial charge >= 0.3 is 12.1 Å². The van der Waals surface area contributed by atoms with Crippen LogP contribution in [0.15, 0.2) is 79.4 Å². The molecule has 1 aliphatic heterocycles. The Morgan fingerprint density at radius 3 is 2.02 bits per heavy atom. The quantitative estimate of drug-likeness (QED) is 0.0958. The van der Waals surface area contributed by atoms with Crippen LogP contribution in [0.5, 0.6) is 11.5 Å². The fraction of sp³-hybridized carbons (Fsp3) is 0.451. The number of morpholine rings is 1. The Hall–Kier alpha value is -5.20. The van der Waals surface area contributed by atoms with Gasteiger partial charge in [-0.15, -0.1) is 0 Å². The second-order valence-corrected chi connectivity index (χ2v) is 14.8. The highest BCUT2D eigenvalue weighted by atomic mass is 19.4. The van der Waals surface area contributed by atoms with Crippen LogP contribution in [0.4, 0.5) is 17.6 Å². The molecule has 1 aliphatic rings. The summed E-state index contributed by atoms with van der Waals surface area (Å²) in [7, 11) is 3.36. The molecule has 1 fully saturated rings. The molecule has 0 bridgehead atoms. The van der Waals surface area contributed by atoms with Gasteiger partial charge in [-0.05, 0) is 89.4 Å². The van der Waals surface area contributed by atoms with Gasteiger partial charge in [-0.2, -0.15) is 13.2 Å². The average molecular weight is 883 g/mol. The van der Waals surface area contributed by atoms with Crippen LogP contribution in [0.3, 0.4) is 0 Å². The number of nitrogens with two attached hydrogens (primary N) is 1. The van der Waals surface area contributed by atoms with Gasteiger partial charge in [0, 0.05) is 32.5 Å². The lowest BCUT2D eigenvalue weighted by Crippen LogP contribution is -2.35. The molecule has 3 N–H and O–H groups in total. The smallest absolute Gasteiger partial charge is 0.388 e. The molecular weight excluding hydrogens is 813 g/mol. The van der Waals surface area contributed by atoms with Crippen LogP contribution in [-0.2, 0) is 22.5 Å². The van der Waals surface area contributed by atoms with Crippen LogP contribution in [0, 0.1) is 18.7 Å². The minimum atomic E-state index is -3.96. The van der Waals surface area contributed by atoms with Gasteiger partial charge in [0.25, 0.3) is 5.91 Å². The number of rotatable bonds is 14. The number of carboxylic acid groups (broad SMARTS) is 1. The molecule has 0 saturated carbocycles. The van der Waals surface area contributed by atoms with E-state index in [1.165, 1.54) is 25.3 Å². The zero-order chi connectivity index (χ0) is 47.7. The monoisotopic (exact) mass is 883 g/mol. The topological polar surface area (TPSA) is 111 Å². The molecule has 1 atom stereocenters. The van der Waals surface area contributed by atoms with E-state index >= 15 is 0 Å². The first-order valence-electron chi connectivity index (χ1n) is 21.7. The molecule has 1 amide bonds. The molecule has 5 rings (SSSR count). The van der Waals surface area contributed by atoms with Crippen molar-refractivity contribution in [1.82, 2.24) is 4.90 Å². The van der Waals surface area contributed by atoms with Crippen molar-refractivity contribution in [2.24, 2.45) is 11.7 Å². The van der Waals surface area contributed by atoms with Gasteiger partial charge < -0.3 is 25.1 Å². The molecule has 0 aliphatic carbocycles. The number of allylic oxidation sites excluding steroid dienone is 3. The Kier molecular flexibility index (Phi) is 25.9. The second-order valence-electron chi connectivity index (χ2n) is 14.8. The molecule has 0 spiro atoms. The number of alkyl halides is 3. The fourth-order valence-electron chi connectivity index (χ4n) is 6.33. The van der Waals surface area contributed by atoms with Crippen LogP contribution >= 0.6 is 0 Å². The van der Waals surface area contributed by atoms with E-state index in [9.17, 15) is 27.2 Å². The number of nitrogens with zero attached hydrogens (tertiary/aromatic N) is 1. The summed E-state index contributed by atoms with van der Waals surface area (Å²) in [6, 6.07) is 19.3. The number of fused-ring (bicyclic) bond motifs is 1. The first-order chi connectivity index (χ1) is 29.9. The molecule has 4 aromatic rings. The van der Waals surface area contributed by atoms with Crippen LogP contribution in [0.1, 0.15) is 113 Å². The number of unbranched alkanes of at least 4 members (excludes halogenated alkanes) is 1. The number of hydrogen-bond acceptors (Lipinski definition) is 6. The van der Waals surface area contributed by atoms with E-state index in [-0.39, 0.29) is 12.0 Å². The van der Waals surface area contributed by atoms with Crippen molar-refractivity contribution < 1.29 is 46.5 Å². The molecule has 8 nitrogen and oxygen atoms in total. The maximum atomic E-state index is 13.4. The molecule has 12 heteroatoms. The van der Waals surface area contributed by atoms with Gasteiger partial charge in [0.15, 0.2) is 0 Å². The van der Waals surface area contributed by atoms with Crippen molar-refractivity contribution in [3.8, 4) is 22.6 Å². The SMILES string of the molecule is C=C(C)c1cc(C)c(C(N)=O)c(F)c1.CC.CCC(F)(F)F.CCC/C=C\C(C)CC.COc1cc(CN2CCOCC2)cc(OC)c1-c1cccc2c(CCC(=O)O)cccc12. The van der Waals surface area contributed by atoms with Crippen molar-refractivity contribution in [3.63, 3.8) is 0 Å². The lowest BCUT2D eigenvalue weighted by molar-refractivity contribution is -0.137. The van der Waals surface area contributed by atoms with Gasteiger partial charge in [0.2, 0.25) is 0 Å². The number of primary amides is 1. The third-order valence-corrected chi connectivity index (χ3v) is 9.96. The third-order valence-electron chi connectivity index (χ3n) is 9.96. The van der Waals surface area contributed by atoms with E-state index < -0.39 is 30.3 Å². The molecular formula is C51H70F4N2O6. The molecule has 1 saturated heterocycles. The predicted molar refractivity (Wildman–Crippen MR) is 250 cm³/mol. The number of halogens is 4. The highest BCUT2D eigenvalue weighted by molar-refractivity contribution is 6.01. The Bertz CT molecular complexity index is 2010. The van der Waals surface area contributed by atoms with Gasteiger partial charge in [0.1, 0.15) is 17.3 Å². The maximum Gasteiger partial charge on any atom is 0.388 e. The van der Waals surface area contributed by atoms with E-state index in [1.54, 1.807) is 34.1 Å². The van der Waals surface area contributed by atoms with E-state index in [2.05, 4.69) is 68.7 Å². The number of aliphatic carboxylic acids is 1. The number of carbonyl (C=O) groups is 2. The number of aryl methyl sites for hydroxylation is 2. The van der Waals surface area contributed by atoms with Crippen molar-refractivity contribution >= 4 is 28.2 Å². The normalized spacial score (nSPS) is 12.9. The minimum absolute atomic E-state index is 0.0463. The number of benzene rings is 4. The van der Waals surface area contributed by atoms with E-state index in [4.69, 9.17) is 25.1 Å². The van der Waals surface area contributed by atoms with Crippen molar-refractivity contribution in [3.05, 3.63) is 113 Å². The summed E-state index contributed by atoms with van der Waals surface area (Å²) < 4.78 is 62.9. The molecule has 1 unspecified atom stereocenters. The highest BCUT2D eigenvalue weighted by Crippen LogP contribution is 2.43.